The lowest BCUT2D eigenvalue weighted by Gasteiger charge is -2.12. The van der Waals surface area contributed by atoms with E-state index in [9.17, 15) is 0 Å². The predicted octanol–water partition coefficient (Wildman–Crippen LogP) is 7.61. The molecule has 0 saturated carbocycles. The third-order valence-corrected chi connectivity index (χ3v) is 5.79. The van der Waals surface area contributed by atoms with Gasteiger partial charge in [-0.15, -0.1) is 11.6 Å². The number of para-hydroxylation sites is 1. The molecule has 0 spiro atoms. The fraction of sp³-hybridized carbons (Fsp3) is 0.600. The van der Waals surface area contributed by atoms with Gasteiger partial charge in [0.25, 0.3) is 0 Å². The summed E-state index contributed by atoms with van der Waals surface area (Å²) in [6.45, 7) is 4.97. The van der Waals surface area contributed by atoms with Crippen LogP contribution in [0.3, 0.4) is 0 Å². The van der Waals surface area contributed by atoms with Crippen LogP contribution in [0.2, 0.25) is 0 Å². The van der Waals surface area contributed by atoms with Gasteiger partial charge in [0.1, 0.15) is 5.75 Å². The summed E-state index contributed by atoms with van der Waals surface area (Å²) in [4.78, 5) is 9.30. The number of aryl methyl sites for hydroxylation is 1. The van der Waals surface area contributed by atoms with Crippen molar-refractivity contribution in [2.24, 2.45) is 0 Å². The van der Waals surface area contributed by atoms with Gasteiger partial charge in [0, 0.05) is 17.3 Å². The van der Waals surface area contributed by atoms with Crippen molar-refractivity contribution in [1.29, 1.82) is 0 Å². The van der Waals surface area contributed by atoms with Gasteiger partial charge in [0.15, 0.2) is 5.82 Å². The van der Waals surface area contributed by atoms with Crippen molar-refractivity contribution in [3.63, 3.8) is 0 Å². The lowest BCUT2D eigenvalue weighted by atomic mass is 10.1. The van der Waals surface area contributed by atoms with E-state index in [1.54, 1.807) is 0 Å². The molecule has 3 nitrogen and oxygen atoms in total. The number of aromatic nitrogens is 2. The summed E-state index contributed by atoms with van der Waals surface area (Å²) in [7, 11) is 0. The fourth-order valence-corrected chi connectivity index (χ4v) is 3.47. The third-order valence-electron chi connectivity index (χ3n) is 5.26. The van der Waals surface area contributed by atoms with Crippen LogP contribution in [0.25, 0.3) is 11.4 Å². The number of hydrogen-bond acceptors (Lipinski definition) is 3. The van der Waals surface area contributed by atoms with E-state index in [1.807, 2.05) is 36.5 Å². The Morgan fingerprint density at radius 2 is 1.66 bits per heavy atom. The zero-order chi connectivity index (χ0) is 20.7. The summed E-state index contributed by atoms with van der Waals surface area (Å²) >= 11 is 6.21. The van der Waals surface area contributed by atoms with E-state index in [4.69, 9.17) is 21.3 Å². The first-order chi connectivity index (χ1) is 14.2. The van der Waals surface area contributed by atoms with Crippen LogP contribution in [0.5, 0.6) is 5.75 Å². The SMILES string of the molecule is CCCCCCCCCCc1ccnc(-c2ccccc2OCCC(Cl)CC)n1. The van der Waals surface area contributed by atoms with Gasteiger partial charge in [0.05, 0.1) is 12.2 Å². The normalized spacial score (nSPS) is 12.1. The number of ether oxygens (including phenoxy) is 1. The zero-order valence-corrected chi connectivity index (χ0v) is 19.0. The number of hydrogen-bond donors (Lipinski definition) is 0. The molecule has 0 amide bonds. The van der Waals surface area contributed by atoms with Crippen molar-refractivity contribution >= 4 is 11.6 Å². The Hall–Kier alpha value is -1.61. The quantitative estimate of drug-likeness (QED) is 0.221. The maximum Gasteiger partial charge on any atom is 0.163 e. The first kappa shape index (κ1) is 23.7. The fourth-order valence-electron chi connectivity index (χ4n) is 3.38. The molecule has 1 unspecified atom stereocenters. The van der Waals surface area contributed by atoms with Crippen LogP contribution in [-0.4, -0.2) is 22.0 Å². The molecule has 4 heteroatoms. The second kappa shape index (κ2) is 14.4. The second-order valence-corrected chi connectivity index (χ2v) is 8.35. The summed E-state index contributed by atoms with van der Waals surface area (Å²) in [5.74, 6) is 1.58. The molecular formula is C25H37ClN2O. The minimum Gasteiger partial charge on any atom is -0.493 e. The Kier molecular flexibility index (Phi) is 11.7. The summed E-state index contributed by atoms with van der Waals surface area (Å²) in [5.41, 5.74) is 2.07. The third kappa shape index (κ3) is 9.16. The number of nitrogens with zero attached hydrogens (tertiary/aromatic N) is 2. The van der Waals surface area contributed by atoms with E-state index >= 15 is 0 Å². The van der Waals surface area contributed by atoms with Crippen LogP contribution < -0.4 is 4.74 Å². The van der Waals surface area contributed by atoms with Crippen LogP contribution in [0.15, 0.2) is 36.5 Å². The lowest BCUT2D eigenvalue weighted by molar-refractivity contribution is 0.308. The van der Waals surface area contributed by atoms with Crippen molar-refractivity contribution < 1.29 is 4.74 Å². The summed E-state index contributed by atoms with van der Waals surface area (Å²) < 4.78 is 5.99. The van der Waals surface area contributed by atoms with Crippen molar-refractivity contribution in [2.75, 3.05) is 6.61 Å². The molecule has 0 aliphatic rings. The Morgan fingerprint density at radius 1 is 0.931 bits per heavy atom. The average Bonchev–Trinajstić information content (AvgIpc) is 2.76. The lowest BCUT2D eigenvalue weighted by Crippen LogP contribution is -2.06. The number of alkyl halides is 1. The van der Waals surface area contributed by atoms with E-state index in [2.05, 4.69) is 18.8 Å². The Bertz CT molecular complexity index is 692. The maximum absolute atomic E-state index is 6.21. The van der Waals surface area contributed by atoms with Gasteiger partial charge in [0.2, 0.25) is 0 Å². The van der Waals surface area contributed by atoms with E-state index in [0.717, 1.165) is 42.1 Å². The van der Waals surface area contributed by atoms with Gasteiger partial charge in [-0.2, -0.15) is 0 Å². The van der Waals surface area contributed by atoms with Crippen molar-refractivity contribution in [3.05, 3.63) is 42.2 Å². The molecule has 29 heavy (non-hydrogen) atoms. The molecule has 0 aliphatic heterocycles. The highest BCUT2D eigenvalue weighted by Crippen LogP contribution is 2.27. The van der Waals surface area contributed by atoms with E-state index in [-0.39, 0.29) is 5.38 Å². The van der Waals surface area contributed by atoms with Gasteiger partial charge in [-0.25, -0.2) is 9.97 Å². The summed E-state index contributed by atoms with van der Waals surface area (Å²) in [5, 5.41) is 0.161. The predicted molar refractivity (Wildman–Crippen MR) is 124 cm³/mol. The molecule has 1 atom stereocenters. The smallest absolute Gasteiger partial charge is 0.163 e. The molecule has 1 aromatic heterocycles. The minimum absolute atomic E-state index is 0.161. The van der Waals surface area contributed by atoms with E-state index in [0.29, 0.717) is 6.61 Å². The summed E-state index contributed by atoms with van der Waals surface area (Å²) in [6, 6.07) is 10.0. The molecule has 0 fully saturated rings. The first-order valence-electron chi connectivity index (χ1n) is 11.4. The van der Waals surface area contributed by atoms with Crippen LogP contribution >= 0.6 is 11.6 Å². The molecule has 0 aliphatic carbocycles. The summed E-state index contributed by atoms with van der Waals surface area (Å²) in [6.07, 6.45) is 15.3. The van der Waals surface area contributed by atoms with Crippen molar-refractivity contribution in [3.8, 4) is 17.1 Å². The van der Waals surface area contributed by atoms with Gasteiger partial charge in [-0.3, -0.25) is 0 Å². The zero-order valence-electron chi connectivity index (χ0n) is 18.2. The molecule has 0 bridgehead atoms. The molecule has 0 radical (unpaired) electrons. The van der Waals surface area contributed by atoms with Crippen molar-refractivity contribution in [1.82, 2.24) is 9.97 Å². The number of benzene rings is 1. The van der Waals surface area contributed by atoms with Crippen LogP contribution in [0.1, 0.15) is 83.7 Å². The number of rotatable bonds is 15. The van der Waals surface area contributed by atoms with Crippen LogP contribution in [0.4, 0.5) is 0 Å². The molecule has 2 rings (SSSR count). The largest absolute Gasteiger partial charge is 0.493 e. The van der Waals surface area contributed by atoms with Crippen LogP contribution in [0, 0.1) is 0 Å². The second-order valence-electron chi connectivity index (χ2n) is 7.74. The highest BCUT2D eigenvalue weighted by molar-refractivity contribution is 6.20. The van der Waals surface area contributed by atoms with Gasteiger partial charge in [-0.05, 0) is 43.9 Å². The molecular weight excluding hydrogens is 380 g/mol. The first-order valence-corrected chi connectivity index (χ1v) is 11.9. The van der Waals surface area contributed by atoms with Gasteiger partial charge >= 0.3 is 0 Å². The molecule has 2 aromatic rings. The molecule has 160 valence electrons. The van der Waals surface area contributed by atoms with Crippen LogP contribution in [-0.2, 0) is 6.42 Å². The van der Waals surface area contributed by atoms with Gasteiger partial charge < -0.3 is 4.74 Å². The molecule has 1 heterocycles. The topological polar surface area (TPSA) is 35.0 Å². The van der Waals surface area contributed by atoms with E-state index < -0.39 is 0 Å². The molecule has 1 aromatic carbocycles. The van der Waals surface area contributed by atoms with Crippen molar-refractivity contribution in [2.45, 2.75) is 89.9 Å². The standard InChI is InChI=1S/C25H37ClN2O/c1-3-5-6-7-8-9-10-11-14-22-17-19-27-25(28-22)23-15-12-13-16-24(23)29-20-18-21(26)4-2/h12-13,15-17,19,21H,3-11,14,18,20H2,1-2H3. The number of unbranched alkanes of at least 4 members (excludes halogenated alkanes) is 7. The molecule has 0 N–H and O–H groups in total. The maximum atomic E-state index is 6.21. The van der Waals surface area contributed by atoms with E-state index in [1.165, 1.54) is 51.4 Å². The monoisotopic (exact) mass is 416 g/mol. The minimum atomic E-state index is 0.161. The Labute approximate surface area is 182 Å². The highest BCUT2D eigenvalue weighted by atomic mass is 35.5. The van der Waals surface area contributed by atoms with Gasteiger partial charge in [-0.1, -0.05) is 70.9 Å². The average molecular weight is 417 g/mol. The number of halogens is 1. The Morgan fingerprint density at radius 3 is 2.41 bits per heavy atom. The Balaban J connectivity index is 1.85. The highest BCUT2D eigenvalue weighted by Gasteiger charge is 2.10. The molecule has 0 saturated heterocycles.